The number of rotatable bonds is 5. The summed E-state index contributed by atoms with van der Waals surface area (Å²) < 4.78 is 0. The van der Waals surface area contributed by atoms with E-state index in [1.54, 1.807) is 13.8 Å². The second kappa shape index (κ2) is 6.58. The van der Waals surface area contributed by atoms with Crippen molar-refractivity contribution in [3.8, 4) is 0 Å². The van der Waals surface area contributed by atoms with E-state index in [0.29, 0.717) is 26.1 Å². The molecule has 20 heavy (non-hydrogen) atoms. The first-order valence-corrected chi connectivity index (χ1v) is 6.88. The number of likely N-dealkylation sites (N-methyl/N-ethyl adjacent to an activating group) is 2. The zero-order valence-electron chi connectivity index (χ0n) is 12.3. The van der Waals surface area contributed by atoms with Gasteiger partial charge in [0.1, 0.15) is 6.54 Å². The molecule has 1 saturated heterocycles. The number of nitrogens with zero attached hydrogens (tertiary/aromatic N) is 2. The molecule has 0 aromatic heterocycles. The van der Waals surface area contributed by atoms with E-state index in [-0.39, 0.29) is 25.0 Å². The number of aliphatic carboxylic acids is 1. The van der Waals surface area contributed by atoms with Crippen LogP contribution in [0.4, 0.5) is 4.79 Å². The molecular weight excluding hydrogens is 262 g/mol. The summed E-state index contributed by atoms with van der Waals surface area (Å²) in [5.74, 6) is -1.09. The minimum atomic E-state index is -0.889. The Morgan fingerprint density at radius 3 is 2.45 bits per heavy atom. The summed E-state index contributed by atoms with van der Waals surface area (Å²) in [5.41, 5.74) is -0.888. The standard InChI is InChI=1S/C13H23N3O4/c1-4-14-10(17)8-15(5-2)12(20)16-7-6-13(3,9-16)11(18)19/h4-9H2,1-3H3,(H,14,17)(H,18,19). The average Bonchev–Trinajstić information content (AvgIpc) is 2.79. The highest BCUT2D eigenvalue weighted by Crippen LogP contribution is 2.30. The summed E-state index contributed by atoms with van der Waals surface area (Å²) in [5, 5.41) is 11.8. The predicted octanol–water partition coefficient (Wildman–Crippen LogP) is 0.361. The highest BCUT2D eigenvalue weighted by molar-refractivity contribution is 5.85. The van der Waals surface area contributed by atoms with Gasteiger partial charge >= 0.3 is 12.0 Å². The quantitative estimate of drug-likeness (QED) is 0.763. The van der Waals surface area contributed by atoms with Crippen molar-refractivity contribution >= 4 is 17.9 Å². The van der Waals surface area contributed by atoms with Gasteiger partial charge < -0.3 is 20.2 Å². The van der Waals surface area contributed by atoms with Crippen LogP contribution in [-0.4, -0.2) is 65.5 Å². The number of amides is 3. The third-order valence-electron chi connectivity index (χ3n) is 3.62. The van der Waals surface area contributed by atoms with Crippen molar-refractivity contribution in [3.05, 3.63) is 0 Å². The minimum Gasteiger partial charge on any atom is -0.481 e. The second-order valence-corrected chi connectivity index (χ2v) is 5.29. The molecule has 0 aromatic carbocycles. The predicted molar refractivity (Wildman–Crippen MR) is 73.3 cm³/mol. The molecule has 1 heterocycles. The maximum atomic E-state index is 12.3. The minimum absolute atomic E-state index is 0.00343. The third-order valence-corrected chi connectivity index (χ3v) is 3.62. The zero-order valence-corrected chi connectivity index (χ0v) is 12.3. The van der Waals surface area contributed by atoms with Crippen molar-refractivity contribution in [2.45, 2.75) is 27.2 Å². The molecule has 0 radical (unpaired) electrons. The Labute approximate surface area is 118 Å². The lowest BCUT2D eigenvalue weighted by atomic mass is 9.90. The Balaban J connectivity index is 2.64. The number of carbonyl (C=O) groups excluding carboxylic acids is 2. The second-order valence-electron chi connectivity index (χ2n) is 5.29. The number of carboxylic acids is 1. The van der Waals surface area contributed by atoms with Crippen molar-refractivity contribution in [1.82, 2.24) is 15.1 Å². The molecule has 0 aliphatic carbocycles. The molecular formula is C13H23N3O4. The molecule has 1 fully saturated rings. The molecule has 7 heteroatoms. The van der Waals surface area contributed by atoms with Gasteiger partial charge in [-0.15, -0.1) is 0 Å². The first kappa shape index (κ1) is 16.3. The molecule has 114 valence electrons. The van der Waals surface area contributed by atoms with Gasteiger partial charge in [0.2, 0.25) is 5.91 Å². The maximum Gasteiger partial charge on any atom is 0.320 e. The summed E-state index contributed by atoms with van der Waals surface area (Å²) in [7, 11) is 0. The molecule has 1 aliphatic heterocycles. The fraction of sp³-hybridized carbons (Fsp3) is 0.769. The van der Waals surface area contributed by atoms with Crippen LogP contribution in [0.15, 0.2) is 0 Å². The van der Waals surface area contributed by atoms with Gasteiger partial charge in [-0.1, -0.05) is 0 Å². The van der Waals surface area contributed by atoms with Crippen LogP contribution in [-0.2, 0) is 9.59 Å². The van der Waals surface area contributed by atoms with Crippen LogP contribution in [0, 0.1) is 5.41 Å². The van der Waals surface area contributed by atoms with Gasteiger partial charge in [-0.3, -0.25) is 9.59 Å². The number of urea groups is 1. The van der Waals surface area contributed by atoms with Crippen LogP contribution in [0.3, 0.4) is 0 Å². The SMILES string of the molecule is CCNC(=O)CN(CC)C(=O)N1CCC(C)(C(=O)O)C1. The van der Waals surface area contributed by atoms with Gasteiger partial charge in [0, 0.05) is 26.2 Å². The van der Waals surface area contributed by atoms with E-state index in [1.165, 1.54) is 9.80 Å². The molecule has 1 rings (SSSR count). The molecule has 7 nitrogen and oxygen atoms in total. The fourth-order valence-corrected chi connectivity index (χ4v) is 2.24. The largest absolute Gasteiger partial charge is 0.481 e. The first-order chi connectivity index (χ1) is 9.34. The number of hydrogen-bond donors (Lipinski definition) is 2. The van der Waals surface area contributed by atoms with E-state index in [9.17, 15) is 14.4 Å². The molecule has 0 spiro atoms. The number of hydrogen-bond acceptors (Lipinski definition) is 3. The van der Waals surface area contributed by atoms with Gasteiger partial charge in [-0.2, -0.15) is 0 Å². The Hall–Kier alpha value is -1.79. The molecule has 0 saturated carbocycles. The molecule has 0 bridgehead atoms. The normalized spacial score (nSPS) is 21.6. The van der Waals surface area contributed by atoms with E-state index in [0.717, 1.165) is 0 Å². The molecule has 2 N–H and O–H groups in total. The Morgan fingerprint density at radius 1 is 1.35 bits per heavy atom. The third kappa shape index (κ3) is 3.61. The maximum absolute atomic E-state index is 12.3. The zero-order chi connectivity index (χ0) is 15.3. The molecule has 1 aliphatic rings. The van der Waals surface area contributed by atoms with E-state index in [1.807, 2.05) is 6.92 Å². The Morgan fingerprint density at radius 2 is 2.00 bits per heavy atom. The van der Waals surface area contributed by atoms with Crippen LogP contribution in [0.25, 0.3) is 0 Å². The van der Waals surface area contributed by atoms with Crippen LogP contribution < -0.4 is 5.32 Å². The van der Waals surface area contributed by atoms with Crippen molar-refractivity contribution in [3.63, 3.8) is 0 Å². The molecule has 3 amide bonds. The molecule has 0 aromatic rings. The van der Waals surface area contributed by atoms with Crippen molar-refractivity contribution in [1.29, 1.82) is 0 Å². The summed E-state index contributed by atoms with van der Waals surface area (Å²) in [6.45, 7) is 6.78. The van der Waals surface area contributed by atoms with E-state index in [2.05, 4.69) is 5.32 Å². The van der Waals surface area contributed by atoms with Gasteiger partial charge in [-0.25, -0.2) is 4.79 Å². The van der Waals surface area contributed by atoms with Crippen LogP contribution in [0.5, 0.6) is 0 Å². The lowest BCUT2D eigenvalue weighted by Crippen LogP contribution is -2.47. The average molecular weight is 285 g/mol. The summed E-state index contributed by atoms with van der Waals surface area (Å²) >= 11 is 0. The Kier molecular flexibility index (Phi) is 5.35. The number of nitrogens with one attached hydrogen (secondary N) is 1. The number of carbonyl (C=O) groups is 3. The van der Waals surface area contributed by atoms with Crippen LogP contribution in [0.2, 0.25) is 0 Å². The summed E-state index contributed by atoms with van der Waals surface area (Å²) in [4.78, 5) is 38.0. The lowest BCUT2D eigenvalue weighted by molar-refractivity contribution is -0.147. The van der Waals surface area contributed by atoms with Crippen LogP contribution >= 0.6 is 0 Å². The number of likely N-dealkylation sites (tertiary alicyclic amines) is 1. The van der Waals surface area contributed by atoms with Gasteiger partial charge in [-0.05, 0) is 27.2 Å². The summed E-state index contributed by atoms with van der Waals surface area (Å²) in [6, 6.07) is -0.274. The first-order valence-electron chi connectivity index (χ1n) is 6.88. The van der Waals surface area contributed by atoms with Crippen LogP contribution in [0.1, 0.15) is 27.2 Å². The number of carboxylic acid groups (broad SMARTS) is 1. The van der Waals surface area contributed by atoms with E-state index >= 15 is 0 Å². The Bertz CT molecular complexity index is 399. The highest BCUT2D eigenvalue weighted by atomic mass is 16.4. The summed E-state index contributed by atoms with van der Waals surface area (Å²) in [6.07, 6.45) is 0.437. The monoisotopic (exact) mass is 285 g/mol. The van der Waals surface area contributed by atoms with E-state index in [4.69, 9.17) is 5.11 Å². The molecule has 1 unspecified atom stereocenters. The van der Waals surface area contributed by atoms with E-state index < -0.39 is 11.4 Å². The highest BCUT2D eigenvalue weighted by Gasteiger charge is 2.43. The topological polar surface area (TPSA) is 90.0 Å². The van der Waals surface area contributed by atoms with Gasteiger partial charge in [0.15, 0.2) is 0 Å². The smallest absolute Gasteiger partial charge is 0.320 e. The van der Waals surface area contributed by atoms with Crippen molar-refractivity contribution in [2.24, 2.45) is 5.41 Å². The lowest BCUT2D eigenvalue weighted by Gasteiger charge is -2.27. The van der Waals surface area contributed by atoms with Crippen molar-refractivity contribution in [2.75, 3.05) is 32.7 Å². The fourth-order valence-electron chi connectivity index (χ4n) is 2.24. The van der Waals surface area contributed by atoms with Gasteiger partial charge in [0.25, 0.3) is 0 Å². The molecule has 1 atom stereocenters. The van der Waals surface area contributed by atoms with Crippen molar-refractivity contribution < 1.29 is 19.5 Å². The van der Waals surface area contributed by atoms with Gasteiger partial charge in [0.05, 0.1) is 5.41 Å².